The predicted octanol–water partition coefficient (Wildman–Crippen LogP) is 24.1. The summed E-state index contributed by atoms with van der Waals surface area (Å²) in [4.78, 5) is 38.4. The Bertz CT molecular complexity index is 1470. The molecule has 1 atom stereocenters. The van der Waals surface area contributed by atoms with E-state index in [0.717, 1.165) is 89.9 Å². The van der Waals surface area contributed by atoms with Crippen molar-refractivity contribution < 1.29 is 28.6 Å². The van der Waals surface area contributed by atoms with E-state index in [-0.39, 0.29) is 31.1 Å². The molecule has 0 bridgehead atoms. The molecule has 0 spiro atoms. The highest BCUT2D eigenvalue weighted by molar-refractivity contribution is 5.71. The van der Waals surface area contributed by atoms with Crippen LogP contribution in [-0.2, 0) is 28.6 Å². The van der Waals surface area contributed by atoms with Gasteiger partial charge in [-0.05, 0) is 109 Å². The number of esters is 3. The number of allylic oxidation sites excluding steroid dienone is 12. The molecule has 0 saturated heterocycles. The first-order valence-electron chi connectivity index (χ1n) is 34.9. The fourth-order valence-corrected chi connectivity index (χ4v) is 10.2. The van der Waals surface area contributed by atoms with Crippen molar-refractivity contribution in [3.05, 3.63) is 72.9 Å². The van der Waals surface area contributed by atoms with E-state index in [4.69, 9.17) is 14.2 Å². The number of hydrogen-bond acceptors (Lipinski definition) is 6. The van der Waals surface area contributed by atoms with Gasteiger partial charge in [0.1, 0.15) is 13.2 Å². The van der Waals surface area contributed by atoms with Gasteiger partial charge in [-0.15, -0.1) is 0 Å². The van der Waals surface area contributed by atoms with Crippen molar-refractivity contribution in [3.63, 3.8) is 0 Å². The topological polar surface area (TPSA) is 78.9 Å². The summed E-state index contributed by atoms with van der Waals surface area (Å²) < 4.78 is 17.0. The molecule has 0 heterocycles. The van der Waals surface area contributed by atoms with E-state index in [9.17, 15) is 14.4 Å². The lowest BCUT2D eigenvalue weighted by Crippen LogP contribution is -2.30. The third kappa shape index (κ3) is 65.7. The SMILES string of the molecule is CC/C=C\C/C=C\C/C=C\C/C=C\CCCCCCCCCCCCCCCCCCCCC(=O)OCC(COC(=O)CCCCCCC/C=C\CCCCCCC)OC(=O)CCCCCCCCC/C=C\CCCCCCCC. The van der Waals surface area contributed by atoms with Crippen molar-refractivity contribution >= 4 is 17.9 Å². The average Bonchev–Trinajstić information content (AvgIpc) is 3.46. The highest BCUT2D eigenvalue weighted by Gasteiger charge is 2.19. The van der Waals surface area contributed by atoms with Crippen LogP contribution in [0.3, 0.4) is 0 Å². The van der Waals surface area contributed by atoms with Crippen molar-refractivity contribution in [3.8, 4) is 0 Å². The molecule has 0 aromatic heterocycles. The van der Waals surface area contributed by atoms with Gasteiger partial charge in [-0.3, -0.25) is 14.4 Å². The minimum atomic E-state index is -0.780. The maximum absolute atomic E-state index is 12.9. The number of carbonyl (C=O) groups is 3. The second-order valence-corrected chi connectivity index (χ2v) is 23.4. The monoisotopic (exact) mass is 1120 g/mol. The summed E-state index contributed by atoms with van der Waals surface area (Å²) in [7, 11) is 0. The molecule has 0 rings (SSSR count). The molecule has 0 N–H and O–H groups in total. The predicted molar refractivity (Wildman–Crippen MR) is 348 cm³/mol. The van der Waals surface area contributed by atoms with Crippen LogP contribution >= 0.6 is 0 Å². The molecule has 80 heavy (non-hydrogen) atoms. The second kappa shape index (κ2) is 68.3. The van der Waals surface area contributed by atoms with E-state index < -0.39 is 6.10 Å². The quantitative estimate of drug-likeness (QED) is 0.0261. The average molecular weight is 1120 g/mol. The van der Waals surface area contributed by atoms with Gasteiger partial charge in [-0.25, -0.2) is 0 Å². The summed E-state index contributed by atoms with van der Waals surface area (Å²) in [5, 5.41) is 0. The van der Waals surface area contributed by atoms with Crippen molar-refractivity contribution in [2.75, 3.05) is 13.2 Å². The summed E-state index contributed by atoms with van der Waals surface area (Å²) in [5.74, 6) is -0.868. The van der Waals surface area contributed by atoms with Crippen LogP contribution in [0.2, 0.25) is 0 Å². The third-order valence-corrected chi connectivity index (χ3v) is 15.4. The van der Waals surface area contributed by atoms with Crippen molar-refractivity contribution in [1.29, 1.82) is 0 Å². The van der Waals surface area contributed by atoms with Gasteiger partial charge in [0.05, 0.1) is 0 Å². The number of hydrogen-bond donors (Lipinski definition) is 0. The van der Waals surface area contributed by atoms with Crippen molar-refractivity contribution in [2.24, 2.45) is 0 Å². The summed E-state index contributed by atoms with van der Waals surface area (Å²) in [6.45, 7) is 6.55. The van der Waals surface area contributed by atoms with Crippen molar-refractivity contribution in [1.82, 2.24) is 0 Å². The van der Waals surface area contributed by atoms with Crippen LogP contribution in [0, 0.1) is 0 Å². The Hall–Kier alpha value is -3.15. The van der Waals surface area contributed by atoms with Crippen LogP contribution in [0.25, 0.3) is 0 Å². The molecule has 0 saturated carbocycles. The zero-order valence-corrected chi connectivity index (χ0v) is 53.3. The van der Waals surface area contributed by atoms with Crippen LogP contribution in [0.1, 0.15) is 361 Å². The van der Waals surface area contributed by atoms with E-state index in [1.165, 1.54) is 231 Å². The van der Waals surface area contributed by atoms with Crippen LogP contribution in [0.15, 0.2) is 72.9 Å². The Morgan fingerprint density at radius 3 is 0.775 bits per heavy atom. The lowest BCUT2D eigenvalue weighted by Gasteiger charge is -2.18. The maximum Gasteiger partial charge on any atom is 0.306 e. The van der Waals surface area contributed by atoms with E-state index in [2.05, 4.69) is 93.7 Å². The summed E-state index contributed by atoms with van der Waals surface area (Å²) in [6, 6.07) is 0. The standard InChI is InChI=1S/C74H132O6/c1-4-7-10-13-16-19-22-25-28-30-31-32-33-34-35-36-37-38-39-40-41-42-43-45-46-49-52-55-58-61-64-67-73(76)79-70-71(69-78-72(75)66-63-60-57-54-51-48-27-24-21-18-15-12-9-6-3)80-74(77)68-65-62-59-56-53-50-47-44-29-26-23-20-17-14-11-8-5-2/h7,10,16,19,24-29,31-32,71H,4-6,8-9,11-15,17-18,20-23,30,33-70H2,1-3H3/b10-7-,19-16-,27-24-,28-25-,29-26-,32-31-. The first-order chi connectivity index (χ1) is 39.5. The molecule has 0 aromatic carbocycles. The van der Waals surface area contributed by atoms with Crippen LogP contribution in [0.4, 0.5) is 0 Å². The largest absolute Gasteiger partial charge is 0.462 e. The Morgan fingerprint density at radius 2 is 0.487 bits per heavy atom. The van der Waals surface area contributed by atoms with Crippen LogP contribution in [0.5, 0.6) is 0 Å². The van der Waals surface area contributed by atoms with E-state index >= 15 is 0 Å². The van der Waals surface area contributed by atoms with Gasteiger partial charge in [0.25, 0.3) is 0 Å². The first-order valence-corrected chi connectivity index (χ1v) is 34.9. The van der Waals surface area contributed by atoms with Crippen LogP contribution < -0.4 is 0 Å². The van der Waals surface area contributed by atoms with E-state index in [0.29, 0.717) is 19.3 Å². The number of rotatable bonds is 64. The zero-order chi connectivity index (χ0) is 57.8. The molecule has 0 aromatic rings. The second-order valence-electron chi connectivity index (χ2n) is 23.4. The summed E-state index contributed by atoms with van der Waals surface area (Å²) in [5.41, 5.74) is 0. The molecular formula is C74H132O6. The van der Waals surface area contributed by atoms with Gasteiger partial charge in [0, 0.05) is 19.3 Å². The fourth-order valence-electron chi connectivity index (χ4n) is 10.2. The third-order valence-electron chi connectivity index (χ3n) is 15.4. The highest BCUT2D eigenvalue weighted by Crippen LogP contribution is 2.17. The lowest BCUT2D eigenvalue weighted by atomic mass is 10.0. The Morgan fingerprint density at radius 1 is 0.263 bits per heavy atom. The van der Waals surface area contributed by atoms with Crippen LogP contribution in [-0.4, -0.2) is 37.2 Å². The molecule has 1 unspecified atom stereocenters. The fraction of sp³-hybridized carbons (Fsp3) is 0.797. The lowest BCUT2D eigenvalue weighted by molar-refractivity contribution is -0.167. The molecule has 6 heteroatoms. The molecule has 0 aliphatic carbocycles. The molecule has 6 nitrogen and oxygen atoms in total. The molecule has 464 valence electrons. The molecule has 0 radical (unpaired) electrons. The van der Waals surface area contributed by atoms with Gasteiger partial charge in [0.2, 0.25) is 0 Å². The van der Waals surface area contributed by atoms with Gasteiger partial charge in [0.15, 0.2) is 6.10 Å². The molecule has 0 aliphatic rings. The Balaban J connectivity index is 4.19. The molecule has 0 fully saturated rings. The minimum Gasteiger partial charge on any atom is -0.462 e. The van der Waals surface area contributed by atoms with Gasteiger partial charge in [-0.2, -0.15) is 0 Å². The van der Waals surface area contributed by atoms with Crippen molar-refractivity contribution in [2.45, 2.75) is 367 Å². The smallest absolute Gasteiger partial charge is 0.306 e. The summed E-state index contributed by atoms with van der Waals surface area (Å²) in [6.07, 6.45) is 89.3. The van der Waals surface area contributed by atoms with Gasteiger partial charge < -0.3 is 14.2 Å². The molecule has 0 aliphatic heterocycles. The highest BCUT2D eigenvalue weighted by atomic mass is 16.6. The van der Waals surface area contributed by atoms with E-state index in [1.54, 1.807) is 0 Å². The maximum atomic E-state index is 12.9. The minimum absolute atomic E-state index is 0.0754. The Labute approximate surface area is 497 Å². The van der Waals surface area contributed by atoms with E-state index in [1.807, 2.05) is 0 Å². The molecular weight excluding hydrogens is 985 g/mol. The van der Waals surface area contributed by atoms with Gasteiger partial charge in [-0.1, -0.05) is 306 Å². The first kappa shape index (κ1) is 76.9. The summed E-state index contributed by atoms with van der Waals surface area (Å²) >= 11 is 0. The number of ether oxygens (including phenoxy) is 3. The molecule has 0 amide bonds. The zero-order valence-electron chi connectivity index (χ0n) is 53.3. The Kier molecular flexibility index (Phi) is 65.7. The van der Waals surface area contributed by atoms with Gasteiger partial charge >= 0.3 is 17.9 Å². The number of carbonyl (C=O) groups excluding carboxylic acids is 3. The normalized spacial score (nSPS) is 12.5. The number of unbranched alkanes of at least 4 members (excludes halogenated alkanes) is 41.